The zero-order chi connectivity index (χ0) is 9.15. The molecule has 2 fully saturated rings. The molecule has 0 radical (unpaired) electrons. The van der Waals surface area contributed by atoms with Gasteiger partial charge in [-0.15, -0.1) is 0 Å². The first kappa shape index (κ1) is 9.44. The van der Waals surface area contributed by atoms with Gasteiger partial charge in [-0.25, -0.2) is 0 Å². The summed E-state index contributed by atoms with van der Waals surface area (Å²) in [6, 6.07) is 0. The summed E-state index contributed by atoms with van der Waals surface area (Å²) in [5.74, 6) is 0.720. The van der Waals surface area contributed by atoms with Gasteiger partial charge in [0.1, 0.15) is 0 Å². The highest BCUT2D eigenvalue weighted by Crippen LogP contribution is 2.19. The summed E-state index contributed by atoms with van der Waals surface area (Å²) >= 11 is 0. The summed E-state index contributed by atoms with van der Waals surface area (Å²) in [4.78, 5) is 0. The van der Waals surface area contributed by atoms with E-state index >= 15 is 0 Å². The lowest BCUT2D eigenvalue weighted by Crippen LogP contribution is -2.45. The molecule has 2 rings (SSSR count). The lowest BCUT2D eigenvalue weighted by Gasteiger charge is -2.25. The zero-order valence-corrected chi connectivity index (χ0v) is 8.34. The molecule has 2 unspecified atom stereocenters. The number of ether oxygens (including phenoxy) is 2. The second-order valence-corrected chi connectivity index (χ2v) is 4.47. The average molecular weight is 185 g/mol. The van der Waals surface area contributed by atoms with Gasteiger partial charge in [0.25, 0.3) is 0 Å². The van der Waals surface area contributed by atoms with Crippen LogP contribution in [-0.4, -0.2) is 38.5 Å². The summed E-state index contributed by atoms with van der Waals surface area (Å²) in [7, 11) is 0. The molecule has 2 atom stereocenters. The van der Waals surface area contributed by atoms with Gasteiger partial charge < -0.3 is 14.8 Å². The SMILES string of the molecule is CC1(NCC2CCOC2)CCOC1. The topological polar surface area (TPSA) is 30.5 Å². The smallest absolute Gasteiger partial charge is 0.0646 e. The first-order valence-electron chi connectivity index (χ1n) is 5.19. The average Bonchev–Trinajstić information content (AvgIpc) is 2.72. The van der Waals surface area contributed by atoms with Crippen LogP contribution in [0.4, 0.5) is 0 Å². The third-order valence-corrected chi connectivity index (χ3v) is 3.06. The first-order chi connectivity index (χ1) is 6.29. The van der Waals surface area contributed by atoms with E-state index in [1.54, 1.807) is 0 Å². The highest BCUT2D eigenvalue weighted by Gasteiger charge is 2.30. The molecule has 76 valence electrons. The van der Waals surface area contributed by atoms with Crippen LogP contribution in [0.25, 0.3) is 0 Å². The molecule has 2 saturated heterocycles. The molecule has 0 aliphatic carbocycles. The Kier molecular flexibility index (Phi) is 2.86. The van der Waals surface area contributed by atoms with Crippen LogP contribution in [0.2, 0.25) is 0 Å². The van der Waals surface area contributed by atoms with Gasteiger partial charge in [0.05, 0.1) is 13.2 Å². The van der Waals surface area contributed by atoms with E-state index in [2.05, 4.69) is 12.2 Å². The Hall–Kier alpha value is -0.120. The van der Waals surface area contributed by atoms with Gasteiger partial charge in [-0.2, -0.15) is 0 Å². The van der Waals surface area contributed by atoms with E-state index in [0.717, 1.165) is 45.3 Å². The summed E-state index contributed by atoms with van der Waals surface area (Å²) in [6.07, 6.45) is 2.35. The highest BCUT2D eigenvalue weighted by molar-refractivity contribution is 4.87. The summed E-state index contributed by atoms with van der Waals surface area (Å²) in [6.45, 7) is 6.98. The quantitative estimate of drug-likeness (QED) is 0.705. The van der Waals surface area contributed by atoms with Crippen molar-refractivity contribution in [3.63, 3.8) is 0 Å². The highest BCUT2D eigenvalue weighted by atomic mass is 16.5. The predicted octanol–water partition coefficient (Wildman–Crippen LogP) is 0.792. The zero-order valence-electron chi connectivity index (χ0n) is 8.34. The minimum atomic E-state index is 0.225. The number of hydrogen-bond acceptors (Lipinski definition) is 3. The molecule has 0 aromatic rings. The molecule has 1 N–H and O–H groups in total. The van der Waals surface area contributed by atoms with Crippen LogP contribution in [-0.2, 0) is 9.47 Å². The van der Waals surface area contributed by atoms with Gasteiger partial charge in [-0.3, -0.25) is 0 Å². The molecular formula is C10H19NO2. The monoisotopic (exact) mass is 185 g/mol. The summed E-state index contributed by atoms with van der Waals surface area (Å²) in [5.41, 5.74) is 0.225. The fourth-order valence-electron chi connectivity index (χ4n) is 1.94. The molecule has 3 nitrogen and oxygen atoms in total. The van der Waals surface area contributed by atoms with Crippen LogP contribution >= 0.6 is 0 Å². The minimum absolute atomic E-state index is 0.225. The standard InChI is InChI=1S/C10H19NO2/c1-10(3-5-13-8-10)11-6-9-2-4-12-7-9/h9,11H,2-8H2,1H3. The minimum Gasteiger partial charge on any atom is -0.381 e. The molecule has 2 aliphatic heterocycles. The molecule has 0 aromatic carbocycles. The normalized spacial score (nSPS) is 39.9. The van der Waals surface area contributed by atoms with E-state index in [1.807, 2.05) is 0 Å². The Bertz CT molecular complexity index is 160. The van der Waals surface area contributed by atoms with Crippen LogP contribution in [0.3, 0.4) is 0 Å². The van der Waals surface area contributed by atoms with Crippen molar-refractivity contribution in [1.82, 2.24) is 5.32 Å². The number of nitrogens with one attached hydrogen (secondary N) is 1. The van der Waals surface area contributed by atoms with Crippen molar-refractivity contribution >= 4 is 0 Å². The van der Waals surface area contributed by atoms with Crippen molar-refractivity contribution in [2.75, 3.05) is 33.0 Å². The van der Waals surface area contributed by atoms with E-state index in [9.17, 15) is 0 Å². The van der Waals surface area contributed by atoms with Gasteiger partial charge in [0.15, 0.2) is 0 Å². The summed E-state index contributed by atoms with van der Waals surface area (Å²) in [5, 5.41) is 3.59. The van der Waals surface area contributed by atoms with Gasteiger partial charge in [-0.1, -0.05) is 0 Å². The molecule has 0 bridgehead atoms. The van der Waals surface area contributed by atoms with Crippen LogP contribution in [0, 0.1) is 5.92 Å². The third kappa shape index (κ3) is 2.42. The van der Waals surface area contributed by atoms with Crippen molar-refractivity contribution in [1.29, 1.82) is 0 Å². The van der Waals surface area contributed by atoms with Gasteiger partial charge >= 0.3 is 0 Å². The van der Waals surface area contributed by atoms with Crippen LogP contribution < -0.4 is 5.32 Å². The maximum atomic E-state index is 5.38. The molecule has 0 spiro atoms. The predicted molar refractivity (Wildman–Crippen MR) is 50.8 cm³/mol. The third-order valence-electron chi connectivity index (χ3n) is 3.06. The Morgan fingerprint density at radius 2 is 2.31 bits per heavy atom. The van der Waals surface area contributed by atoms with Crippen LogP contribution in [0.15, 0.2) is 0 Å². The fraction of sp³-hybridized carbons (Fsp3) is 1.00. The Morgan fingerprint density at radius 1 is 1.38 bits per heavy atom. The van der Waals surface area contributed by atoms with Gasteiger partial charge in [0.2, 0.25) is 0 Å². The lowest BCUT2D eigenvalue weighted by atomic mass is 10.00. The Morgan fingerprint density at radius 3 is 2.92 bits per heavy atom. The molecule has 13 heavy (non-hydrogen) atoms. The van der Waals surface area contributed by atoms with E-state index in [4.69, 9.17) is 9.47 Å². The van der Waals surface area contributed by atoms with E-state index in [-0.39, 0.29) is 5.54 Å². The van der Waals surface area contributed by atoms with Crippen molar-refractivity contribution in [2.45, 2.75) is 25.3 Å². The van der Waals surface area contributed by atoms with Gasteiger partial charge in [0, 0.05) is 25.3 Å². The largest absolute Gasteiger partial charge is 0.381 e. The fourth-order valence-corrected chi connectivity index (χ4v) is 1.94. The van der Waals surface area contributed by atoms with Gasteiger partial charge in [-0.05, 0) is 25.7 Å². The first-order valence-corrected chi connectivity index (χ1v) is 5.19. The van der Waals surface area contributed by atoms with Crippen molar-refractivity contribution in [2.24, 2.45) is 5.92 Å². The maximum absolute atomic E-state index is 5.38. The van der Waals surface area contributed by atoms with Crippen molar-refractivity contribution in [3.05, 3.63) is 0 Å². The lowest BCUT2D eigenvalue weighted by molar-refractivity contribution is 0.164. The molecule has 3 heteroatoms. The van der Waals surface area contributed by atoms with E-state index in [1.165, 1.54) is 6.42 Å². The van der Waals surface area contributed by atoms with Crippen molar-refractivity contribution < 1.29 is 9.47 Å². The second kappa shape index (κ2) is 3.95. The molecule has 2 heterocycles. The molecule has 2 aliphatic rings. The molecule has 0 aromatic heterocycles. The Labute approximate surface area is 79.8 Å². The van der Waals surface area contributed by atoms with E-state index < -0.39 is 0 Å². The summed E-state index contributed by atoms with van der Waals surface area (Å²) < 4.78 is 10.7. The van der Waals surface area contributed by atoms with Crippen LogP contribution in [0.5, 0.6) is 0 Å². The molecule has 0 amide bonds. The Balaban J connectivity index is 1.71. The second-order valence-electron chi connectivity index (χ2n) is 4.47. The maximum Gasteiger partial charge on any atom is 0.0646 e. The van der Waals surface area contributed by atoms with Crippen molar-refractivity contribution in [3.8, 4) is 0 Å². The molecular weight excluding hydrogens is 166 g/mol. The van der Waals surface area contributed by atoms with E-state index in [0.29, 0.717) is 0 Å². The number of rotatable bonds is 3. The number of hydrogen-bond donors (Lipinski definition) is 1. The van der Waals surface area contributed by atoms with Crippen LogP contribution in [0.1, 0.15) is 19.8 Å². The molecule has 0 saturated carbocycles.